The molecule has 1 aliphatic heterocycles. The largest absolute Gasteiger partial charge is 0.365 e. The van der Waals surface area contributed by atoms with Crippen LogP contribution in [0.4, 0.5) is 0 Å². The van der Waals surface area contributed by atoms with Gasteiger partial charge in [-0.1, -0.05) is 54.4 Å². The van der Waals surface area contributed by atoms with E-state index in [2.05, 4.69) is 35.8 Å². The van der Waals surface area contributed by atoms with E-state index in [9.17, 15) is 0 Å². The Bertz CT molecular complexity index is 414. The van der Waals surface area contributed by atoms with E-state index in [1.807, 2.05) is 18.2 Å². The van der Waals surface area contributed by atoms with Crippen molar-refractivity contribution >= 4 is 15.9 Å². The normalized spacial score (nSPS) is 26.6. The van der Waals surface area contributed by atoms with E-state index >= 15 is 0 Å². The monoisotopic (exact) mass is 342 g/mol. The second kappa shape index (κ2) is 7.55. The third-order valence-corrected chi connectivity index (χ3v) is 4.50. The van der Waals surface area contributed by atoms with Gasteiger partial charge in [-0.3, -0.25) is 0 Å². The van der Waals surface area contributed by atoms with Crippen LogP contribution in [0.25, 0.3) is 0 Å². The number of halogens is 1. The molecule has 3 nitrogen and oxygen atoms in total. The lowest BCUT2D eigenvalue weighted by molar-refractivity contribution is -0.270. The second-order valence-electron chi connectivity index (χ2n) is 5.26. The summed E-state index contributed by atoms with van der Waals surface area (Å²) < 4.78 is 18.8. The molecule has 0 aliphatic carbocycles. The van der Waals surface area contributed by atoms with E-state index in [0.29, 0.717) is 19.8 Å². The number of hydrogen-bond acceptors (Lipinski definition) is 3. The molecule has 1 aromatic carbocycles. The lowest BCUT2D eigenvalue weighted by Gasteiger charge is -2.39. The van der Waals surface area contributed by atoms with Crippen molar-refractivity contribution < 1.29 is 14.2 Å². The van der Waals surface area contributed by atoms with Gasteiger partial charge in [0.1, 0.15) is 5.60 Å². The molecule has 20 heavy (non-hydrogen) atoms. The first kappa shape index (κ1) is 16.0. The minimum Gasteiger partial charge on any atom is -0.365 e. The fraction of sp³-hybridized carbons (Fsp3) is 0.625. The van der Waals surface area contributed by atoms with Gasteiger partial charge in [-0.05, 0) is 24.5 Å². The van der Waals surface area contributed by atoms with Gasteiger partial charge >= 0.3 is 0 Å². The summed E-state index contributed by atoms with van der Waals surface area (Å²) in [4.78, 5) is 0. The van der Waals surface area contributed by atoms with Gasteiger partial charge in [0.2, 0.25) is 0 Å². The van der Waals surface area contributed by atoms with Crippen molar-refractivity contribution in [1.82, 2.24) is 0 Å². The molecule has 0 spiro atoms. The Labute approximate surface area is 129 Å². The predicted molar refractivity (Wildman–Crippen MR) is 82.6 cm³/mol. The minimum absolute atomic E-state index is 0.0632. The van der Waals surface area contributed by atoms with E-state index < -0.39 is 0 Å². The summed E-state index contributed by atoms with van der Waals surface area (Å²) >= 11 is 3.55. The standard InChI is InChI=1S/C16H23BrO3/c1-3-7-15-18-11-16(4-2,12-19-15)20-10-13-8-5-6-9-14(13)17/h5-6,8-9,15H,3-4,7,10-12H2,1-2H3. The lowest BCUT2D eigenvalue weighted by atomic mass is 10.0. The second-order valence-corrected chi connectivity index (χ2v) is 6.11. The van der Waals surface area contributed by atoms with Crippen LogP contribution in [0.5, 0.6) is 0 Å². The molecule has 2 rings (SSSR count). The summed E-state index contributed by atoms with van der Waals surface area (Å²) in [5, 5.41) is 0. The Morgan fingerprint density at radius 3 is 2.55 bits per heavy atom. The van der Waals surface area contributed by atoms with Crippen LogP contribution in [0, 0.1) is 0 Å². The van der Waals surface area contributed by atoms with Gasteiger partial charge in [-0.2, -0.15) is 0 Å². The van der Waals surface area contributed by atoms with Gasteiger partial charge < -0.3 is 14.2 Å². The quantitative estimate of drug-likeness (QED) is 0.771. The van der Waals surface area contributed by atoms with Gasteiger partial charge in [0, 0.05) is 4.47 Å². The Balaban J connectivity index is 1.91. The zero-order valence-corrected chi connectivity index (χ0v) is 13.8. The zero-order valence-electron chi connectivity index (χ0n) is 12.2. The molecule has 0 amide bonds. The van der Waals surface area contributed by atoms with Gasteiger partial charge in [-0.25, -0.2) is 0 Å². The van der Waals surface area contributed by atoms with Gasteiger partial charge in [0.05, 0.1) is 19.8 Å². The van der Waals surface area contributed by atoms with Gasteiger partial charge in [0.15, 0.2) is 6.29 Å². The van der Waals surface area contributed by atoms with Crippen LogP contribution >= 0.6 is 15.9 Å². The first-order chi connectivity index (χ1) is 9.69. The molecule has 0 unspecified atom stereocenters. The number of rotatable bonds is 6. The summed E-state index contributed by atoms with van der Waals surface area (Å²) in [5.41, 5.74) is 0.829. The topological polar surface area (TPSA) is 27.7 Å². The highest BCUT2D eigenvalue weighted by Gasteiger charge is 2.36. The molecular formula is C16H23BrO3. The highest BCUT2D eigenvalue weighted by Crippen LogP contribution is 2.27. The maximum Gasteiger partial charge on any atom is 0.157 e. The molecular weight excluding hydrogens is 320 g/mol. The zero-order chi connectivity index (χ0) is 14.4. The van der Waals surface area contributed by atoms with Crippen LogP contribution in [0.1, 0.15) is 38.7 Å². The van der Waals surface area contributed by atoms with Crippen LogP contribution in [-0.2, 0) is 20.8 Å². The molecule has 0 radical (unpaired) electrons. The van der Waals surface area contributed by atoms with Crippen molar-refractivity contribution in [2.45, 2.75) is 51.6 Å². The molecule has 1 saturated heterocycles. The number of benzene rings is 1. The maximum atomic E-state index is 6.13. The molecule has 1 aliphatic rings. The minimum atomic E-state index is -0.320. The molecule has 1 heterocycles. The highest BCUT2D eigenvalue weighted by atomic mass is 79.9. The van der Waals surface area contributed by atoms with Crippen molar-refractivity contribution in [3.63, 3.8) is 0 Å². The Hall–Kier alpha value is -0.420. The average Bonchev–Trinajstić information content (AvgIpc) is 2.49. The summed E-state index contributed by atoms with van der Waals surface area (Å²) in [5.74, 6) is 0. The van der Waals surface area contributed by atoms with E-state index in [1.54, 1.807) is 0 Å². The molecule has 1 aromatic rings. The SMILES string of the molecule is CCCC1OCC(CC)(OCc2ccccc2Br)CO1. The third-order valence-electron chi connectivity index (χ3n) is 3.72. The van der Waals surface area contributed by atoms with Crippen molar-refractivity contribution in [2.24, 2.45) is 0 Å². The Kier molecular flexibility index (Phi) is 6.02. The molecule has 4 heteroatoms. The summed E-state index contributed by atoms with van der Waals surface area (Å²) in [6.07, 6.45) is 2.84. The van der Waals surface area contributed by atoms with Crippen molar-refractivity contribution in [2.75, 3.05) is 13.2 Å². The first-order valence-corrected chi connectivity index (χ1v) is 8.09. The van der Waals surface area contributed by atoms with Gasteiger partial charge in [0.25, 0.3) is 0 Å². The molecule has 0 saturated carbocycles. The van der Waals surface area contributed by atoms with Crippen molar-refractivity contribution in [3.8, 4) is 0 Å². The van der Waals surface area contributed by atoms with Crippen molar-refractivity contribution in [3.05, 3.63) is 34.3 Å². The lowest BCUT2D eigenvalue weighted by Crippen LogP contribution is -2.48. The van der Waals surface area contributed by atoms with E-state index in [1.165, 1.54) is 0 Å². The average molecular weight is 343 g/mol. The first-order valence-electron chi connectivity index (χ1n) is 7.29. The number of ether oxygens (including phenoxy) is 3. The van der Waals surface area contributed by atoms with E-state index in [-0.39, 0.29) is 11.9 Å². The van der Waals surface area contributed by atoms with Gasteiger partial charge in [-0.15, -0.1) is 0 Å². The molecule has 0 aromatic heterocycles. The fourth-order valence-corrected chi connectivity index (χ4v) is 2.62. The van der Waals surface area contributed by atoms with Crippen LogP contribution in [0.2, 0.25) is 0 Å². The van der Waals surface area contributed by atoms with E-state index in [4.69, 9.17) is 14.2 Å². The molecule has 0 bridgehead atoms. The maximum absolute atomic E-state index is 6.13. The Morgan fingerprint density at radius 2 is 1.95 bits per heavy atom. The summed E-state index contributed by atoms with van der Waals surface area (Å²) in [6, 6.07) is 8.12. The van der Waals surface area contributed by atoms with Crippen molar-refractivity contribution in [1.29, 1.82) is 0 Å². The summed E-state index contributed by atoms with van der Waals surface area (Å²) in [6.45, 7) is 6.04. The Morgan fingerprint density at radius 1 is 1.25 bits per heavy atom. The fourth-order valence-electron chi connectivity index (χ4n) is 2.22. The number of hydrogen-bond donors (Lipinski definition) is 0. The summed E-state index contributed by atoms with van der Waals surface area (Å²) in [7, 11) is 0. The van der Waals surface area contributed by atoms with Crippen LogP contribution < -0.4 is 0 Å². The van der Waals surface area contributed by atoms with E-state index in [0.717, 1.165) is 29.3 Å². The molecule has 0 N–H and O–H groups in total. The van der Waals surface area contributed by atoms with Crippen LogP contribution in [0.15, 0.2) is 28.7 Å². The molecule has 1 fully saturated rings. The highest BCUT2D eigenvalue weighted by molar-refractivity contribution is 9.10. The van der Waals surface area contributed by atoms with Crippen LogP contribution in [0.3, 0.4) is 0 Å². The smallest absolute Gasteiger partial charge is 0.157 e. The predicted octanol–water partition coefficient (Wildman–Crippen LogP) is 4.29. The van der Waals surface area contributed by atoms with Crippen LogP contribution in [-0.4, -0.2) is 25.1 Å². The molecule has 112 valence electrons. The third kappa shape index (κ3) is 4.04. The molecule has 0 atom stereocenters.